The molecule has 1 N–H and O–H groups in total. The van der Waals surface area contributed by atoms with E-state index in [4.69, 9.17) is 0 Å². The fourth-order valence-corrected chi connectivity index (χ4v) is 2.04. The maximum atomic E-state index is 4.43. The van der Waals surface area contributed by atoms with Gasteiger partial charge in [0.25, 0.3) is 0 Å². The highest BCUT2D eigenvalue weighted by molar-refractivity contribution is 5.26. The van der Waals surface area contributed by atoms with E-state index in [0.29, 0.717) is 0 Å². The third-order valence-corrected chi connectivity index (χ3v) is 3.17. The minimum atomic E-state index is 0.725. The molecule has 1 aliphatic heterocycles. The molecule has 76 valence electrons. The van der Waals surface area contributed by atoms with E-state index in [1.807, 2.05) is 0 Å². The molecule has 1 aromatic rings. The smallest absolute Gasteiger partial charge is 0.0401 e. The SMILES string of the molecule is Cc1cc(C2CCNCC2)cnc1C. The van der Waals surface area contributed by atoms with Crippen LogP contribution in [-0.2, 0) is 0 Å². The van der Waals surface area contributed by atoms with Gasteiger partial charge in [-0.3, -0.25) is 4.98 Å². The number of aryl methyl sites for hydroxylation is 2. The van der Waals surface area contributed by atoms with Crippen LogP contribution in [0.1, 0.15) is 35.6 Å². The Bertz CT molecular complexity index is 314. The maximum absolute atomic E-state index is 4.43. The molecule has 0 aromatic carbocycles. The summed E-state index contributed by atoms with van der Waals surface area (Å²) in [5.41, 5.74) is 3.90. The fourth-order valence-electron chi connectivity index (χ4n) is 2.04. The lowest BCUT2D eigenvalue weighted by atomic mass is 9.90. The van der Waals surface area contributed by atoms with Crippen LogP contribution in [0.25, 0.3) is 0 Å². The number of hydrogen-bond donors (Lipinski definition) is 1. The molecule has 1 saturated heterocycles. The second kappa shape index (κ2) is 4.09. The standard InChI is InChI=1S/C12H18N2/c1-9-7-12(8-14-10(9)2)11-3-5-13-6-4-11/h7-8,11,13H,3-6H2,1-2H3. The van der Waals surface area contributed by atoms with E-state index in [0.717, 1.165) is 24.7 Å². The molecule has 0 aliphatic carbocycles. The average molecular weight is 190 g/mol. The lowest BCUT2D eigenvalue weighted by Crippen LogP contribution is -2.26. The first-order valence-corrected chi connectivity index (χ1v) is 5.41. The Morgan fingerprint density at radius 1 is 1.29 bits per heavy atom. The van der Waals surface area contributed by atoms with Gasteiger partial charge in [-0.1, -0.05) is 6.07 Å². The van der Waals surface area contributed by atoms with Crippen molar-refractivity contribution in [2.24, 2.45) is 0 Å². The van der Waals surface area contributed by atoms with Crippen LogP contribution in [0.4, 0.5) is 0 Å². The quantitative estimate of drug-likeness (QED) is 0.734. The summed E-state index contributed by atoms with van der Waals surface area (Å²) in [7, 11) is 0. The average Bonchev–Trinajstić information content (AvgIpc) is 2.23. The number of rotatable bonds is 1. The zero-order chi connectivity index (χ0) is 9.97. The van der Waals surface area contributed by atoms with Gasteiger partial charge >= 0.3 is 0 Å². The first-order valence-electron chi connectivity index (χ1n) is 5.41. The van der Waals surface area contributed by atoms with Crippen LogP contribution in [0.15, 0.2) is 12.3 Å². The Kier molecular flexibility index (Phi) is 2.82. The predicted octanol–water partition coefficient (Wildman–Crippen LogP) is 2.17. The molecule has 0 saturated carbocycles. The summed E-state index contributed by atoms with van der Waals surface area (Å²) in [5.74, 6) is 0.725. The van der Waals surface area contributed by atoms with E-state index in [1.165, 1.54) is 24.0 Å². The van der Waals surface area contributed by atoms with Gasteiger partial charge in [0.1, 0.15) is 0 Å². The van der Waals surface area contributed by atoms with E-state index >= 15 is 0 Å². The van der Waals surface area contributed by atoms with Gasteiger partial charge in [-0.25, -0.2) is 0 Å². The Labute approximate surface area is 85.7 Å². The Morgan fingerprint density at radius 3 is 2.64 bits per heavy atom. The largest absolute Gasteiger partial charge is 0.317 e. The van der Waals surface area contributed by atoms with E-state index in [9.17, 15) is 0 Å². The minimum Gasteiger partial charge on any atom is -0.317 e. The first-order chi connectivity index (χ1) is 6.77. The summed E-state index contributed by atoms with van der Waals surface area (Å²) in [6.07, 6.45) is 4.56. The summed E-state index contributed by atoms with van der Waals surface area (Å²) >= 11 is 0. The maximum Gasteiger partial charge on any atom is 0.0401 e. The number of nitrogens with zero attached hydrogens (tertiary/aromatic N) is 1. The van der Waals surface area contributed by atoms with Crippen molar-refractivity contribution in [3.8, 4) is 0 Å². The lowest BCUT2D eigenvalue weighted by Gasteiger charge is -2.23. The van der Waals surface area contributed by atoms with Gasteiger partial charge in [-0.2, -0.15) is 0 Å². The van der Waals surface area contributed by atoms with E-state index < -0.39 is 0 Å². The molecule has 0 bridgehead atoms. The Balaban J connectivity index is 2.18. The zero-order valence-electron chi connectivity index (χ0n) is 9.01. The molecule has 0 amide bonds. The van der Waals surface area contributed by atoms with Gasteiger partial charge in [0.2, 0.25) is 0 Å². The van der Waals surface area contributed by atoms with Crippen LogP contribution in [0, 0.1) is 13.8 Å². The molecule has 2 heterocycles. The van der Waals surface area contributed by atoms with E-state index in [2.05, 4.69) is 36.4 Å². The molecule has 1 aromatic heterocycles. The van der Waals surface area contributed by atoms with Gasteiger partial charge in [0.05, 0.1) is 0 Å². The van der Waals surface area contributed by atoms with Crippen LogP contribution in [0.5, 0.6) is 0 Å². The molecule has 1 fully saturated rings. The van der Waals surface area contributed by atoms with Gasteiger partial charge in [0.15, 0.2) is 0 Å². The van der Waals surface area contributed by atoms with E-state index in [1.54, 1.807) is 0 Å². The molecule has 1 aliphatic rings. The van der Waals surface area contributed by atoms with E-state index in [-0.39, 0.29) is 0 Å². The highest BCUT2D eigenvalue weighted by Gasteiger charge is 2.15. The summed E-state index contributed by atoms with van der Waals surface area (Å²) < 4.78 is 0. The number of pyridine rings is 1. The number of nitrogens with one attached hydrogen (secondary N) is 1. The lowest BCUT2D eigenvalue weighted by molar-refractivity contribution is 0.459. The third kappa shape index (κ3) is 1.95. The fraction of sp³-hybridized carbons (Fsp3) is 0.583. The monoisotopic (exact) mass is 190 g/mol. The first kappa shape index (κ1) is 9.66. The van der Waals surface area contributed by atoms with Crippen LogP contribution < -0.4 is 5.32 Å². The van der Waals surface area contributed by atoms with Crippen LogP contribution in [0.2, 0.25) is 0 Å². The Morgan fingerprint density at radius 2 is 2.00 bits per heavy atom. The molecule has 14 heavy (non-hydrogen) atoms. The van der Waals surface area contributed by atoms with Crippen LogP contribution in [0.3, 0.4) is 0 Å². The highest BCUT2D eigenvalue weighted by atomic mass is 14.9. The van der Waals surface area contributed by atoms with Crippen molar-refractivity contribution in [2.75, 3.05) is 13.1 Å². The van der Waals surface area contributed by atoms with Crippen LogP contribution >= 0.6 is 0 Å². The van der Waals surface area contributed by atoms with Crippen molar-refractivity contribution < 1.29 is 0 Å². The molecule has 0 unspecified atom stereocenters. The highest BCUT2D eigenvalue weighted by Crippen LogP contribution is 2.25. The summed E-state index contributed by atoms with van der Waals surface area (Å²) in [5, 5.41) is 3.39. The van der Waals surface area contributed by atoms with Gasteiger partial charge in [0, 0.05) is 11.9 Å². The Hall–Kier alpha value is -0.890. The predicted molar refractivity (Wildman–Crippen MR) is 58.6 cm³/mol. The molecule has 2 nitrogen and oxygen atoms in total. The van der Waals surface area contributed by atoms with Crippen molar-refractivity contribution in [3.63, 3.8) is 0 Å². The second-order valence-corrected chi connectivity index (χ2v) is 4.20. The number of piperidine rings is 1. The number of hydrogen-bond acceptors (Lipinski definition) is 2. The van der Waals surface area contributed by atoms with Crippen molar-refractivity contribution in [3.05, 3.63) is 29.1 Å². The normalized spacial score (nSPS) is 18.4. The number of aromatic nitrogens is 1. The van der Waals surface area contributed by atoms with Crippen molar-refractivity contribution in [1.82, 2.24) is 10.3 Å². The zero-order valence-corrected chi connectivity index (χ0v) is 9.01. The molecular formula is C12H18N2. The molecule has 0 spiro atoms. The summed E-state index contributed by atoms with van der Waals surface area (Å²) in [6, 6.07) is 2.30. The topological polar surface area (TPSA) is 24.9 Å². The summed E-state index contributed by atoms with van der Waals surface area (Å²) in [4.78, 5) is 4.43. The van der Waals surface area contributed by atoms with Crippen molar-refractivity contribution in [1.29, 1.82) is 0 Å². The van der Waals surface area contributed by atoms with Gasteiger partial charge < -0.3 is 5.32 Å². The van der Waals surface area contributed by atoms with Crippen molar-refractivity contribution in [2.45, 2.75) is 32.6 Å². The minimum absolute atomic E-state index is 0.725. The molecule has 0 radical (unpaired) electrons. The van der Waals surface area contributed by atoms with Crippen molar-refractivity contribution >= 4 is 0 Å². The third-order valence-electron chi connectivity index (χ3n) is 3.17. The second-order valence-electron chi connectivity index (χ2n) is 4.20. The molecular weight excluding hydrogens is 172 g/mol. The van der Waals surface area contributed by atoms with Gasteiger partial charge in [-0.05, 0) is 56.8 Å². The molecule has 2 heteroatoms. The summed E-state index contributed by atoms with van der Waals surface area (Å²) in [6.45, 7) is 6.52. The molecule has 2 rings (SSSR count). The van der Waals surface area contributed by atoms with Crippen LogP contribution in [-0.4, -0.2) is 18.1 Å². The molecule has 0 atom stereocenters. The van der Waals surface area contributed by atoms with Gasteiger partial charge in [-0.15, -0.1) is 0 Å².